The second kappa shape index (κ2) is 4.47. The molecule has 0 spiro atoms. The molecule has 0 radical (unpaired) electrons. The maximum atomic E-state index is 11.2. The van der Waals surface area contributed by atoms with Gasteiger partial charge in [-0.15, -0.1) is 11.3 Å². The van der Waals surface area contributed by atoms with Crippen LogP contribution in [0.15, 0.2) is 28.1 Å². The van der Waals surface area contributed by atoms with E-state index in [9.17, 15) is 4.79 Å². The first kappa shape index (κ1) is 11.5. The highest BCUT2D eigenvalue weighted by Crippen LogP contribution is 2.31. The molecule has 0 atom stereocenters. The molecule has 0 saturated carbocycles. The number of aromatic nitrogens is 1. The molecule has 82 valence electrons. The summed E-state index contributed by atoms with van der Waals surface area (Å²) in [6.45, 7) is 3.57. The lowest BCUT2D eigenvalue weighted by atomic mass is 10.2. The normalized spacial score (nSPS) is 10.4. The molecule has 0 aliphatic rings. The van der Waals surface area contributed by atoms with Crippen LogP contribution in [0.2, 0.25) is 0 Å². The molecule has 2 rings (SSSR count). The van der Waals surface area contributed by atoms with Crippen molar-refractivity contribution in [2.75, 3.05) is 0 Å². The van der Waals surface area contributed by atoms with Crippen LogP contribution in [0.1, 0.15) is 23.0 Å². The SMILES string of the molecule is CC(=O)c1csc(-c2ccc(C)cc2Br)n1. The number of thiazole rings is 1. The van der Waals surface area contributed by atoms with Crippen LogP contribution < -0.4 is 0 Å². The molecule has 0 aliphatic heterocycles. The van der Waals surface area contributed by atoms with E-state index in [1.54, 1.807) is 5.38 Å². The van der Waals surface area contributed by atoms with Gasteiger partial charge in [-0.1, -0.05) is 28.1 Å². The molecule has 1 aromatic heterocycles. The van der Waals surface area contributed by atoms with Gasteiger partial charge in [-0.3, -0.25) is 4.79 Å². The number of carbonyl (C=O) groups excluding carboxylic acids is 1. The number of hydrogen-bond acceptors (Lipinski definition) is 3. The van der Waals surface area contributed by atoms with Crippen molar-refractivity contribution in [2.24, 2.45) is 0 Å². The molecule has 0 bridgehead atoms. The van der Waals surface area contributed by atoms with Crippen molar-refractivity contribution < 1.29 is 4.79 Å². The Morgan fingerprint density at radius 2 is 2.19 bits per heavy atom. The van der Waals surface area contributed by atoms with E-state index in [1.807, 2.05) is 25.1 Å². The Bertz CT molecular complexity index is 548. The molecule has 16 heavy (non-hydrogen) atoms. The summed E-state index contributed by atoms with van der Waals surface area (Å²) >= 11 is 5.00. The van der Waals surface area contributed by atoms with Crippen LogP contribution >= 0.6 is 27.3 Å². The highest BCUT2D eigenvalue weighted by Gasteiger charge is 2.10. The first-order valence-corrected chi connectivity index (χ1v) is 6.48. The topological polar surface area (TPSA) is 30.0 Å². The van der Waals surface area contributed by atoms with Crippen molar-refractivity contribution in [3.63, 3.8) is 0 Å². The Morgan fingerprint density at radius 3 is 2.75 bits per heavy atom. The molecule has 2 nitrogen and oxygen atoms in total. The van der Waals surface area contributed by atoms with Gasteiger partial charge in [-0.05, 0) is 18.6 Å². The Labute approximate surface area is 106 Å². The highest BCUT2D eigenvalue weighted by molar-refractivity contribution is 9.10. The fourth-order valence-electron chi connectivity index (χ4n) is 1.35. The lowest BCUT2D eigenvalue weighted by Crippen LogP contribution is -1.91. The summed E-state index contributed by atoms with van der Waals surface area (Å²) in [6.07, 6.45) is 0. The van der Waals surface area contributed by atoms with Crippen molar-refractivity contribution in [3.8, 4) is 10.6 Å². The fourth-order valence-corrected chi connectivity index (χ4v) is 3.06. The molecular formula is C12H10BrNOS. The van der Waals surface area contributed by atoms with Crippen LogP contribution in [0.25, 0.3) is 10.6 Å². The number of nitrogens with zero attached hydrogens (tertiary/aromatic N) is 1. The molecule has 0 amide bonds. The van der Waals surface area contributed by atoms with Crippen LogP contribution in [0, 0.1) is 6.92 Å². The molecule has 1 heterocycles. The van der Waals surface area contributed by atoms with E-state index in [0.717, 1.165) is 15.0 Å². The molecule has 0 unspecified atom stereocenters. The van der Waals surface area contributed by atoms with Gasteiger partial charge in [0.1, 0.15) is 10.7 Å². The van der Waals surface area contributed by atoms with E-state index in [-0.39, 0.29) is 5.78 Å². The molecule has 0 fully saturated rings. The van der Waals surface area contributed by atoms with Gasteiger partial charge in [0.25, 0.3) is 0 Å². The maximum absolute atomic E-state index is 11.2. The summed E-state index contributed by atoms with van der Waals surface area (Å²) in [7, 11) is 0. The van der Waals surface area contributed by atoms with Crippen molar-refractivity contribution in [1.82, 2.24) is 4.98 Å². The Balaban J connectivity index is 2.46. The summed E-state index contributed by atoms with van der Waals surface area (Å²) in [5, 5.41) is 2.67. The van der Waals surface area contributed by atoms with E-state index < -0.39 is 0 Å². The predicted octanol–water partition coefficient (Wildman–Crippen LogP) is 4.08. The van der Waals surface area contributed by atoms with E-state index in [2.05, 4.69) is 20.9 Å². The summed E-state index contributed by atoms with van der Waals surface area (Å²) in [6, 6.07) is 6.10. The van der Waals surface area contributed by atoms with Crippen LogP contribution in [0.3, 0.4) is 0 Å². The Kier molecular flexibility index (Phi) is 3.21. The molecule has 1 aromatic carbocycles. The minimum Gasteiger partial charge on any atom is -0.293 e. The monoisotopic (exact) mass is 295 g/mol. The van der Waals surface area contributed by atoms with Crippen LogP contribution in [0.4, 0.5) is 0 Å². The minimum absolute atomic E-state index is 0.00531. The lowest BCUT2D eigenvalue weighted by Gasteiger charge is -2.01. The van der Waals surface area contributed by atoms with Crippen molar-refractivity contribution in [1.29, 1.82) is 0 Å². The zero-order valence-electron chi connectivity index (χ0n) is 8.95. The van der Waals surface area contributed by atoms with Gasteiger partial charge < -0.3 is 0 Å². The number of benzene rings is 1. The first-order valence-electron chi connectivity index (χ1n) is 4.81. The maximum Gasteiger partial charge on any atom is 0.178 e. The predicted molar refractivity (Wildman–Crippen MR) is 70.0 cm³/mol. The van der Waals surface area contributed by atoms with Gasteiger partial charge in [0.15, 0.2) is 5.78 Å². The Hall–Kier alpha value is -1.000. The smallest absolute Gasteiger partial charge is 0.178 e. The van der Waals surface area contributed by atoms with Crippen molar-refractivity contribution in [2.45, 2.75) is 13.8 Å². The lowest BCUT2D eigenvalue weighted by molar-refractivity contribution is 0.101. The van der Waals surface area contributed by atoms with Gasteiger partial charge in [0, 0.05) is 22.3 Å². The highest BCUT2D eigenvalue weighted by atomic mass is 79.9. The van der Waals surface area contributed by atoms with Crippen LogP contribution in [0.5, 0.6) is 0 Å². The number of aryl methyl sites for hydroxylation is 1. The van der Waals surface area contributed by atoms with Gasteiger partial charge in [-0.2, -0.15) is 0 Å². The number of ketones is 1. The molecular weight excluding hydrogens is 286 g/mol. The van der Waals surface area contributed by atoms with E-state index in [1.165, 1.54) is 23.8 Å². The zero-order valence-corrected chi connectivity index (χ0v) is 11.4. The average molecular weight is 296 g/mol. The van der Waals surface area contributed by atoms with Crippen LogP contribution in [-0.4, -0.2) is 10.8 Å². The summed E-state index contributed by atoms with van der Waals surface area (Å²) in [5.41, 5.74) is 2.76. The fraction of sp³-hybridized carbons (Fsp3) is 0.167. The standard InChI is InChI=1S/C12H10BrNOS/c1-7-3-4-9(10(13)5-7)12-14-11(6-16-12)8(2)15/h3-6H,1-2H3. The van der Waals surface area contributed by atoms with Crippen molar-refractivity contribution >= 4 is 33.0 Å². The molecule has 2 aromatic rings. The second-order valence-electron chi connectivity index (χ2n) is 3.58. The largest absolute Gasteiger partial charge is 0.293 e. The van der Waals surface area contributed by atoms with Crippen LogP contribution in [-0.2, 0) is 0 Å². The minimum atomic E-state index is 0.00531. The summed E-state index contributed by atoms with van der Waals surface area (Å²) in [4.78, 5) is 15.5. The molecule has 0 saturated heterocycles. The average Bonchev–Trinajstić information content (AvgIpc) is 2.66. The zero-order chi connectivity index (χ0) is 11.7. The number of halogens is 1. The number of carbonyl (C=O) groups is 1. The van der Waals surface area contributed by atoms with Gasteiger partial charge >= 0.3 is 0 Å². The molecule has 4 heteroatoms. The van der Waals surface area contributed by atoms with E-state index in [0.29, 0.717) is 5.69 Å². The third-order valence-corrected chi connectivity index (χ3v) is 3.75. The van der Waals surface area contributed by atoms with Gasteiger partial charge in [0.2, 0.25) is 0 Å². The number of Topliss-reactive ketones (excluding diaryl/α,β-unsaturated/α-hetero) is 1. The Morgan fingerprint density at radius 1 is 1.44 bits per heavy atom. The number of hydrogen-bond donors (Lipinski definition) is 0. The summed E-state index contributed by atoms with van der Waals surface area (Å²) in [5.74, 6) is 0.00531. The van der Waals surface area contributed by atoms with E-state index in [4.69, 9.17) is 0 Å². The second-order valence-corrected chi connectivity index (χ2v) is 5.29. The van der Waals surface area contributed by atoms with E-state index >= 15 is 0 Å². The van der Waals surface area contributed by atoms with Gasteiger partial charge in [0.05, 0.1) is 0 Å². The third-order valence-electron chi connectivity index (χ3n) is 2.22. The van der Waals surface area contributed by atoms with Gasteiger partial charge in [-0.25, -0.2) is 4.98 Å². The van der Waals surface area contributed by atoms with Crippen molar-refractivity contribution in [3.05, 3.63) is 39.3 Å². The molecule has 0 aliphatic carbocycles. The summed E-state index contributed by atoms with van der Waals surface area (Å²) < 4.78 is 1.01. The molecule has 0 N–H and O–H groups in total. The third kappa shape index (κ3) is 2.23. The first-order chi connectivity index (χ1) is 7.58. The quantitative estimate of drug-likeness (QED) is 0.781. The number of rotatable bonds is 2.